The van der Waals surface area contributed by atoms with Gasteiger partial charge in [0.2, 0.25) is 0 Å². The van der Waals surface area contributed by atoms with Crippen molar-refractivity contribution in [2.75, 3.05) is 25.6 Å². The van der Waals surface area contributed by atoms with Crippen molar-refractivity contribution in [3.05, 3.63) is 135 Å². The minimum absolute atomic E-state index is 0.0215. The highest BCUT2D eigenvalue weighted by Gasteiger charge is 2.18. The summed E-state index contributed by atoms with van der Waals surface area (Å²) in [5, 5.41) is 6.80. The van der Waals surface area contributed by atoms with E-state index in [4.69, 9.17) is 21.1 Å². The van der Waals surface area contributed by atoms with Crippen LogP contribution in [0, 0.1) is 6.92 Å². The van der Waals surface area contributed by atoms with E-state index in [2.05, 4.69) is 10.6 Å². The number of amides is 2. The molecule has 224 valence electrons. The van der Waals surface area contributed by atoms with Crippen molar-refractivity contribution in [3.63, 3.8) is 0 Å². The Morgan fingerprint density at radius 3 is 2.32 bits per heavy atom. The first-order chi connectivity index (χ1) is 21.3. The summed E-state index contributed by atoms with van der Waals surface area (Å²) in [6.45, 7) is 2.33. The number of rotatable bonds is 11. The first-order valence-corrected chi connectivity index (χ1v) is 14.5. The topological polar surface area (TPSA) is 98.7 Å². The lowest BCUT2D eigenvalue weighted by Gasteiger charge is -2.16. The van der Waals surface area contributed by atoms with Crippen LogP contribution in [0.3, 0.4) is 0 Å². The van der Waals surface area contributed by atoms with Crippen LogP contribution in [0.5, 0.6) is 11.5 Å². The zero-order valence-corrected chi connectivity index (χ0v) is 25.2. The molecule has 0 bridgehead atoms. The molecule has 9 heteroatoms. The maximum Gasteiger partial charge on any atom is 0.264 e. The highest BCUT2D eigenvalue weighted by Crippen LogP contribution is 2.25. The Hall–Kier alpha value is -5.08. The number of fused-ring (bicyclic) bond motifs is 1. The number of hydrogen-bond donors (Lipinski definition) is 2. The van der Waals surface area contributed by atoms with Crippen LogP contribution >= 0.6 is 11.6 Å². The van der Waals surface area contributed by atoms with E-state index in [1.54, 1.807) is 54.1 Å². The molecule has 0 aliphatic rings. The summed E-state index contributed by atoms with van der Waals surface area (Å²) in [7, 11) is 1.59. The Morgan fingerprint density at radius 2 is 1.59 bits per heavy atom. The first kappa shape index (κ1) is 30.4. The Morgan fingerprint density at radius 1 is 0.864 bits per heavy atom. The average Bonchev–Trinajstić information content (AvgIpc) is 3.02. The second kappa shape index (κ2) is 13.9. The fraction of sp³-hybridized carbons (Fsp3) is 0.171. The lowest BCUT2D eigenvalue weighted by molar-refractivity contribution is -0.118. The number of anilines is 1. The molecule has 0 fully saturated rings. The maximum atomic E-state index is 13.8. The molecule has 0 radical (unpaired) electrons. The van der Waals surface area contributed by atoms with Gasteiger partial charge in [-0.15, -0.1) is 0 Å². The number of nitrogens with zero attached hydrogens (tertiary/aromatic N) is 1. The number of aromatic nitrogens is 1. The van der Waals surface area contributed by atoms with Gasteiger partial charge in [0.1, 0.15) is 17.1 Å². The summed E-state index contributed by atoms with van der Waals surface area (Å²) < 4.78 is 12.4. The van der Waals surface area contributed by atoms with E-state index in [0.29, 0.717) is 46.1 Å². The predicted molar refractivity (Wildman–Crippen MR) is 173 cm³/mol. The number of pyridine rings is 1. The molecule has 0 spiro atoms. The van der Waals surface area contributed by atoms with E-state index in [1.807, 2.05) is 55.5 Å². The summed E-state index contributed by atoms with van der Waals surface area (Å²) in [6.07, 6.45) is 0.619. The van der Waals surface area contributed by atoms with Gasteiger partial charge in [0.05, 0.1) is 24.9 Å². The second-order valence-corrected chi connectivity index (χ2v) is 10.8. The summed E-state index contributed by atoms with van der Waals surface area (Å²) >= 11 is 6.02. The molecular formula is C35H32ClN3O5. The number of benzene rings is 4. The third-order valence-corrected chi connectivity index (χ3v) is 7.38. The van der Waals surface area contributed by atoms with Gasteiger partial charge in [-0.3, -0.25) is 14.4 Å². The second-order valence-electron chi connectivity index (χ2n) is 10.3. The largest absolute Gasteiger partial charge is 0.497 e. The normalized spacial score (nSPS) is 10.8. The van der Waals surface area contributed by atoms with Crippen LogP contribution in [0.4, 0.5) is 5.69 Å². The number of halogens is 1. The Bertz CT molecular complexity index is 1850. The van der Waals surface area contributed by atoms with E-state index in [0.717, 1.165) is 16.7 Å². The SMILES string of the molecule is COc1ccc(Cn2c(=O)c(C(=O)NCCc3ccc(C)cc3)cc3c(NC(=O)COc4cccc(Cl)c4)cccc32)cc1. The number of carbonyl (C=O) groups excluding carboxylic acids is 2. The maximum absolute atomic E-state index is 13.8. The van der Waals surface area contributed by atoms with Gasteiger partial charge < -0.3 is 24.7 Å². The number of methoxy groups -OCH3 is 1. The smallest absolute Gasteiger partial charge is 0.264 e. The average molecular weight is 610 g/mol. The highest BCUT2D eigenvalue weighted by atomic mass is 35.5. The molecule has 2 N–H and O–H groups in total. The van der Waals surface area contributed by atoms with Crippen LogP contribution in [0.15, 0.2) is 102 Å². The molecule has 0 saturated carbocycles. The molecule has 1 aromatic heterocycles. The van der Waals surface area contributed by atoms with E-state index >= 15 is 0 Å². The van der Waals surface area contributed by atoms with Gasteiger partial charge >= 0.3 is 0 Å². The molecule has 44 heavy (non-hydrogen) atoms. The molecule has 8 nitrogen and oxygen atoms in total. The molecule has 2 amide bonds. The number of ether oxygens (including phenoxy) is 2. The van der Waals surface area contributed by atoms with Crippen molar-refractivity contribution < 1.29 is 19.1 Å². The number of aryl methyl sites for hydroxylation is 1. The molecule has 0 saturated heterocycles. The summed E-state index contributed by atoms with van der Waals surface area (Å²) in [5.41, 5.74) is 3.63. The third kappa shape index (κ3) is 7.46. The fourth-order valence-corrected chi connectivity index (χ4v) is 4.99. The van der Waals surface area contributed by atoms with Crippen LogP contribution < -0.4 is 25.7 Å². The van der Waals surface area contributed by atoms with Crippen LogP contribution in [-0.4, -0.2) is 36.6 Å². The highest BCUT2D eigenvalue weighted by molar-refractivity contribution is 6.30. The molecule has 5 aromatic rings. The zero-order chi connectivity index (χ0) is 31.1. The van der Waals surface area contributed by atoms with Gasteiger partial charge in [-0.2, -0.15) is 0 Å². The van der Waals surface area contributed by atoms with Gasteiger partial charge in [0, 0.05) is 17.0 Å². The van der Waals surface area contributed by atoms with Gasteiger partial charge in [-0.25, -0.2) is 0 Å². The van der Waals surface area contributed by atoms with Crippen molar-refractivity contribution in [1.29, 1.82) is 0 Å². The Labute approximate surface area is 260 Å². The lowest BCUT2D eigenvalue weighted by atomic mass is 10.1. The lowest BCUT2D eigenvalue weighted by Crippen LogP contribution is -2.34. The molecular weight excluding hydrogens is 578 g/mol. The molecule has 1 heterocycles. The van der Waals surface area contributed by atoms with Gasteiger partial charge in [-0.1, -0.05) is 65.7 Å². The van der Waals surface area contributed by atoms with Crippen molar-refractivity contribution in [2.45, 2.75) is 19.9 Å². The number of carbonyl (C=O) groups is 2. The molecule has 0 unspecified atom stereocenters. The van der Waals surface area contributed by atoms with Gasteiger partial charge in [0.15, 0.2) is 6.61 Å². The summed E-state index contributed by atoms with van der Waals surface area (Å²) in [5.74, 6) is 0.258. The third-order valence-electron chi connectivity index (χ3n) is 7.14. The predicted octanol–water partition coefficient (Wildman–Crippen LogP) is 6.01. The molecule has 4 aromatic carbocycles. The molecule has 0 aliphatic heterocycles. The zero-order valence-electron chi connectivity index (χ0n) is 24.4. The van der Waals surface area contributed by atoms with Crippen LogP contribution in [-0.2, 0) is 17.8 Å². The first-order valence-electron chi connectivity index (χ1n) is 14.1. The van der Waals surface area contributed by atoms with Gasteiger partial charge in [-0.05, 0) is 73.0 Å². The quantitative estimate of drug-likeness (QED) is 0.191. The van der Waals surface area contributed by atoms with E-state index in [9.17, 15) is 14.4 Å². The van der Waals surface area contributed by atoms with Crippen molar-refractivity contribution in [3.8, 4) is 11.5 Å². The minimum atomic E-state index is -0.488. The molecule has 0 atom stereocenters. The van der Waals surface area contributed by atoms with E-state index < -0.39 is 17.4 Å². The number of nitrogens with one attached hydrogen (secondary N) is 2. The molecule has 5 rings (SSSR count). The molecule has 0 aliphatic carbocycles. The van der Waals surface area contributed by atoms with Crippen LogP contribution in [0.25, 0.3) is 10.9 Å². The summed E-state index contributed by atoms with van der Waals surface area (Å²) in [6, 6.07) is 29.0. The standard InChI is InChI=1S/C35H32ClN3O5/c1-23-9-11-24(12-10-23)17-18-37-34(41)30-20-29-31(38-33(40)22-44-28-6-3-5-26(36)19-28)7-4-8-32(29)39(35(30)42)21-25-13-15-27(43-2)16-14-25/h3-16,19-20H,17-18,21-22H2,1-2H3,(H,37,41)(H,38,40). The van der Waals surface area contributed by atoms with Crippen LogP contribution in [0.2, 0.25) is 5.02 Å². The van der Waals surface area contributed by atoms with Crippen LogP contribution in [0.1, 0.15) is 27.0 Å². The Balaban J connectivity index is 1.44. The minimum Gasteiger partial charge on any atom is -0.497 e. The summed E-state index contributed by atoms with van der Waals surface area (Å²) in [4.78, 5) is 40.1. The van der Waals surface area contributed by atoms with E-state index in [-0.39, 0.29) is 18.7 Å². The van der Waals surface area contributed by atoms with Crippen molar-refractivity contribution in [1.82, 2.24) is 9.88 Å². The number of hydrogen-bond acceptors (Lipinski definition) is 5. The Kier molecular flexibility index (Phi) is 9.62. The van der Waals surface area contributed by atoms with Gasteiger partial charge in [0.25, 0.3) is 17.4 Å². The van der Waals surface area contributed by atoms with Crippen molar-refractivity contribution >= 4 is 40.0 Å². The van der Waals surface area contributed by atoms with Crippen molar-refractivity contribution in [2.24, 2.45) is 0 Å². The fourth-order valence-electron chi connectivity index (χ4n) is 4.81. The monoisotopic (exact) mass is 609 g/mol. The van der Waals surface area contributed by atoms with E-state index in [1.165, 1.54) is 6.07 Å².